The Balaban J connectivity index is 1.77. The van der Waals surface area contributed by atoms with E-state index in [0.29, 0.717) is 12.1 Å². The monoisotopic (exact) mass is 328 g/mol. The lowest BCUT2D eigenvalue weighted by molar-refractivity contribution is -0.0499. The maximum atomic E-state index is 12.2. The number of halogens is 2. The van der Waals surface area contributed by atoms with E-state index in [4.69, 9.17) is 0 Å². The molecule has 0 saturated heterocycles. The fourth-order valence-electron chi connectivity index (χ4n) is 2.52. The Hall–Kier alpha value is -1.89. The maximum Gasteiger partial charge on any atom is 0.387 e. The molecule has 0 heterocycles. The molecule has 1 saturated carbocycles. The van der Waals surface area contributed by atoms with E-state index < -0.39 is 12.7 Å². The number of ether oxygens (including phenoxy) is 1. The molecule has 0 aromatic heterocycles. The summed E-state index contributed by atoms with van der Waals surface area (Å²) in [5, 5.41) is 15.4. The number of aliphatic hydroxyl groups is 1. The molecule has 2 rings (SSSR count). The van der Waals surface area contributed by atoms with Crippen LogP contribution in [0.4, 0.5) is 13.6 Å². The lowest BCUT2D eigenvalue weighted by Crippen LogP contribution is -2.45. The molecular formula is C16H22F2N2O3. The number of hydrogen-bond donors (Lipinski definition) is 3. The summed E-state index contributed by atoms with van der Waals surface area (Å²) < 4.78 is 28.6. The largest absolute Gasteiger partial charge is 0.435 e. The summed E-state index contributed by atoms with van der Waals surface area (Å²) in [7, 11) is 0. The number of carbonyl (C=O) groups is 1. The number of benzene rings is 1. The molecule has 1 aromatic rings. The Morgan fingerprint density at radius 3 is 2.74 bits per heavy atom. The van der Waals surface area contributed by atoms with Gasteiger partial charge in [-0.25, -0.2) is 4.79 Å². The number of urea groups is 1. The molecule has 1 unspecified atom stereocenters. The molecule has 2 amide bonds. The summed E-state index contributed by atoms with van der Waals surface area (Å²) in [5.74, 6) is -0.0288. The highest BCUT2D eigenvalue weighted by molar-refractivity contribution is 5.73. The fraction of sp³-hybridized carbons (Fsp3) is 0.562. The summed E-state index contributed by atoms with van der Waals surface area (Å²) in [5.41, 5.74) is 0.575. The third-order valence-electron chi connectivity index (χ3n) is 4.16. The molecule has 1 aliphatic carbocycles. The molecule has 1 aliphatic rings. The average Bonchev–Trinajstić information content (AvgIpc) is 2.48. The molecule has 128 valence electrons. The second kappa shape index (κ2) is 7.59. The van der Waals surface area contributed by atoms with E-state index >= 15 is 0 Å². The van der Waals surface area contributed by atoms with Crippen LogP contribution in [0.25, 0.3) is 0 Å². The zero-order valence-corrected chi connectivity index (χ0v) is 13.0. The topological polar surface area (TPSA) is 70.6 Å². The van der Waals surface area contributed by atoms with Crippen LogP contribution in [-0.2, 0) is 0 Å². The van der Waals surface area contributed by atoms with Gasteiger partial charge in [-0.3, -0.25) is 0 Å². The van der Waals surface area contributed by atoms with Crippen molar-refractivity contribution in [3.8, 4) is 5.75 Å². The minimum atomic E-state index is -2.92. The van der Waals surface area contributed by atoms with Crippen molar-refractivity contribution in [1.82, 2.24) is 10.6 Å². The van der Waals surface area contributed by atoms with E-state index in [-0.39, 0.29) is 23.7 Å². The van der Waals surface area contributed by atoms with Crippen LogP contribution >= 0.6 is 0 Å². The Morgan fingerprint density at radius 2 is 2.13 bits per heavy atom. The van der Waals surface area contributed by atoms with Crippen LogP contribution in [-0.4, -0.2) is 30.8 Å². The standard InChI is InChI=1S/C16H22F2N2O3/c1-16(6-3-7-16)10-20-15(22)19-9-13(21)11-4-2-5-12(8-11)23-14(17)18/h2,4-5,8,13-14,21H,3,6-7,9-10H2,1H3,(H2,19,20,22). The van der Waals surface area contributed by atoms with Crippen LogP contribution in [0.5, 0.6) is 5.75 Å². The van der Waals surface area contributed by atoms with E-state index in [0.717, 1.165) is 12.8 Å². The van der Waals surface area contributed by atoms with Gasteiger partial charge in [-0.2, -0.15) is 8.78 Å². The minimum Gasteiger partial charge on any atom is -0.435 e. The Labute approximate surface area is 134 Å². The van der Waals surface area contributed by atoms with E-state index in [1.54, 1.807) is 6.07 Å². The molecule has 1 atom stereocenters. The summed E-state index contributed by atoms with van der Waals surface area (Å²) in [6.45, 7) is -0.202. The van der Waals surface area contributed by atoms with Crippen LogP contribution < -0.4 is 15.4 Å². The van der Waals surface area contributed by atoms with Gasteiger partial charge in [0.2, 0.25) is 0 Å². The number of amides is 2. The Bertz CT molecular complexity index is 536. The zero-order valence-electron chi connectivity index (χ0n) is 13.0. The lowest BCUT2D eigenvalue weighted by atomic mass is 9.70. The predicted molar refractivity (Wildman–Crippen MR) is 81.4 cm³/mol. The summed E-state index contributed by atoms with van der Waals surface area (Å²) in [6, 6.07) is 5.44. The number of nitrogens with one attached hydrogen (secondary N) is 2. The van der Waals surface area contributed by atoms with Crippen molar-refractivity contribution in [3.05, 3.63) is 29.8 Å². The minimum absolute atomic E-state index is 0.0132. The van der Waals surface area contributed by atoms with Crippen LogP contribution in [0.3, 0.4) is 0 Å². The normalized spacial score (nSPS) is 17.3. The van der Waals surface area contributed by atoms with Crippen molar-refractivity contribution in [2.24, 2.45) is 5.41 Å². The first-order valence-corrected chi connectivity index (χ1v) is 7.62. The third kappa shape index (κ3) is 5.35. The number of alkyl halides is 2. The Kier molecular flexibility index (Phi) is 5.76. The first-order valence-electron chi connectivity index (χ1n) is 7.62. The second-order valence-corrected chi connectivity index (χ2v) is 6.19. The van der Waals surface area contributed by atoms with Crippen molar-refractivity contribution in [3.63, 3.8) is 0 Å². The maximum absolute atomic E-state index is 12.2. The van der Waals surface area contributed by atoms with Crippen LogP contribution in [0, 0.1) is 5.41 Å². The van der Waals surface area contributed by atoms with Crippen LogP contribution in [0.1, 0.15) is 37.9 Å². The van der Waals surface area contributed by atoms with E-state index in [1.165, 1.54) is 24.6 Å². The van der Waals surface area contributed by atoms with Crippen molar-refractivity contribution in [2.45, 2.75) is 38.9 Å². The second-order valence-electron chi connectivity index (χ2n) is 6.19. The van der Waals surface area contributed by atoms with Crippen LogP contribution in [0.15, 0.2) is 24.3 Å². The zero-order chi connectivity index (χ0) is 16.9. The van der Waals surface area contributed by atoms with Crippen molar-refractivity contribution < 1.29 is 23.4 Å². The van der Waals surface area contributed by atoms with Gasteiger partial charge >= 0.3 is 12.6 Å². The highest BCUT2D eigenvalue weighted by Crippen LogP contribution is 2.39. The number of aliphatic hydroxyl groups excluding tert-OH is 1. The fourth-order valence-corrected chi connectivity index (χ4v) is 2.52. The summed E-state index contributed by atoms with van der Waals surface area (Å²) in [4.78, 5) is 11.7. The van der Waals surface area contributed by atoms with Crippen molar-refractivity contribution in [2.75, 3.05) is 13.1 Å². The first-order chi connectivity index (χ1) is 10.9. The van der Waals surface area contributed by atoms with E-state index in [1.807, 2.05) is 0 Å². The molecule has 1 fully saturated rings. The lowest BCUT2D eigenvalue weighted by Gasteiger charge is -2.38. The van der Waals surface area contributed by atoms with E-state index in [2.05, 4.69) is 22.3 Å². The van der Waals surface area contributed by atoms with Gasteiger partial charge in [0.1, 0.15) is 5.75 Å². The van der Waals surface area contributed by atoms with Gasteiger partial charge in [-0.05, 0) is 36.0 Å². The van der Waals surface area contributed by atoms with Gasteiger partial charge in [0.25, 0.3) is 0 Å². The molecule has 5 nitrogen and oxygen atoms in total. The van der Waals surface area contributed by atoms with Gasteiger partial charge in [-0.1, -0.05) is 25.5 Å². The predicted octanol–water partition coefficient (Wildman–Crippen LogP) is 2.81. The molecule has 23 heavy (non-hydrogen) atoms. The van der Waals surface area contributed by atoms with Crippen molar-refractivity contribution >= 4 is 6.03 Å². The van der Waals surface area contributed by atoms with Gasteiger partial charge < -0.3 is 20.5 Å². The van der Waals surface area contributed by atoms with Crippen molar-refractivity contribution in [1.29, 1.82) is 0 Å². The van der Waals surface area contributed by atoms with Gasteiger partial charge in [0, 0.05) is 13.1 Å². The number of hydrogen-bond acceptors (Lipinski definition) is 3. The Morgan fingerprint density at radius 1 is 1.39 bits per heavy atom. The van der Waals surface area contributed by atoms with Gasteiger partial charge in [-0.15, -0.1) is 0 Å². The van der Waals surface area contributed by atoms with Gasteiger partial charge in [0.05, 0.1) is 6.10 Å². The number of carbonyl (C=O) groups excluding carboxylic acids is 1. The molecule has 0 bridgehead atoms. The summed E-state index contributed by atoms with van der Waals surface area (Å²) >= 11 is 0. The quantitative estimate of drug-likeness (QED) is 0.721. The highest BCUT2D eigenvalue weighted by Gasteiger charge is 2.31. The van der Waals surface area contributed by atoms with Crippen LogP contribution in [0.2, 0.25) is 0 Å². The molecule has 0 aliphatic heterocycles. The molecular weight excluding hydrogens is 306 g/mol. The molecule has 3 N–H and O–H groups in total. The molecule has 0 spiro atoms. The highest BCUT2D eigenvalue weighted by atomic mass is 19.3. The molecule has 7 heteroatoms. The number of rotatable bonds is 7. The summed E-state index contributed by atoms with van der Waals surface area (Å²) in [6.07, 6.45) is 2.40. The molecule has 0 radical (unpaired) electrons. The SMILES string of the molecule is CC1(CNC(=O)NCC(O)c2cccc(OC(F)F)c2)CCC1. The van der Waals surface area contributed by atoms with E-state index in [9.17, 15) is 18.7 Å². The average molecular weight is 328 g/mol. The third-order valence-corrected chi connectivity index (χ3v) is 4.16. The van der Waals surface area contributed by atoms with Gasteiger partial charge in [0.15, 0.2) is 0 Å². The smallest absolute Gasteiger partial charge is 0.387 e. The first kappa shape index (κ1) is 17.5. The molecule has 1 aromatic carbocycles.